The lowest BCUT2D eigenvalue weighted by Gasteiger charge is -2.49. The Balaban J connectivity index is 1.43. The smallest absolute Gasteiger partial charge is 0.0397 e. The molecule has 0 aromatic carbocycles. The van der Waals surface area contributed by atoms with Gasteiger partial charge in [0, 0.05) is 18.6 Å². The maximum Gasteiger partial charge on any atom is 0.0397 e. The van der Waals surface area contributed by atoms with Gasteiger partial charge in [0.25, 0.3) is 0 Å². The van der Waals surface area contributed by atoms with Gasteiger partial charge < -0.3 is 5.32 Å². The van der Waals surface area contributed by atoms with E-state index >= 15 is 0 Å². The third-order valence-corrected chi connectivity index (χ3v) is 10.7. The van der Waals surface area contributed by atoms with E-state index in [-0.39, 0.29) is 0 Å². The minimum atomic E-state index is 0.644. The van der Waals surface area contributed by atoms with Crippen molar-refractivity contribution in [2.24, 2.45) is 35.5 Å². The van der Waals surface area contributed by atoms with Crippen LogP contribution in [0.25, 0.3) is 0 Å². The van der Waals surface area contributed by atoms with Gasteiger partial charge >= 0.3 is 0 Å². The standard InChI is InChI=1S/C29H53N3/c1-2-5-13-24-17-18-25(16-6-3-1)29-28-27(21-31-32-29)19-26(20-30-28)23-12-8-4-7-11-22(24)14-9-10-15-23/h22-32H,1-21H2. The monoisotopic (exact) mass is 443 g/mol. The first-order valence-electron chi connectivity index (χ1n) is 15.1. The van der Waals surface area contributed by atoms with Gasteiger partial charge in [0.1, 0.15) is 0 Å². The van der Waals surface area contributed by atoms with Crippen LogP contribution >= 0.6 is 0 Å². The number of rotatable bonds is 0. The van der Waals surface area contributed by atoms with E-state index in [0.717, 1.165) is 35.5 Å². The molecule has 3 aliphatic carbocycles. The molecule has 6 aliphatic rings. The largest absolute Gasteiger partial charge is 0.312 e. The number of hydrazine groups is 1. The van der Waals surface area contributed by atoms with E-state index in [2.05, 4.69) is 16.2 Å². The molecule has 8 atom stereocenters. The van der Waals surface area contributed by atoms with Gasteiger partial charge in [-0.25, -0.2) is 0 Å². The second kappa shape index (κ2) is 12.0. The molecule has 6 rings (SSSR count). The lowest BCUT2D eigenvalue weighted by molar-refractivity contribution is 0.0668. The highest BCUT2D eigenvalue weighted by Crippen LogP contribution is 2.41. The van der Waals surface area contributed by atoms with Crippen molar-refractivity contribution in [2.45, 2.75) is 134 Å². The second-order valence-electron chi connectivity index (χ2n) is 12.6. The van der Waals surface area contributed by atoms with E-state index < -0.39 is 0 Å². The summed E-state index contributed by atoms with van der Waals surface area (Å²) in [6, 6.07) is 1.35. The SMILES string of the molecule is C1CCCC2CCC(CCC1)C1NNCC3CC(CNC31)C1CCCCCC2CCCC1. The van der Waals surface area contributed by atoms with Crippen LogP contribution in [0.5, 0.6) is 0 Å². The Kier molecular flexibility index (Phi) is 8.87. The highest BCUT2D eigenvalue weighted by atomic mass is 15.4. The zero-order valence-electron chi connectivity index (χ0n) is 21.0. The van der Waals surface area contributed by atoms with Crippen LogP contribution in [0.2, 0.25) is 0 Å². The normalized spacial score (nSPS) is 45.0. The van der Waals surface area contributed by atoms with Gasteiger partial charge in [0.2, 0.25) is 0 Å². The first-order valence-corrected chi connectivity index (χ1v) is 15.1. The third kappa shape index (κ3) is 5.92. The molecule has 3 aliphatic heterocycles. The van der Waals surface area contributed by atoms with Gasteiger partial charge in [-0.1, -0.05) is 96.3 Å². The van der Waals surface area contributed by atoms with Crippen LogP contribution in [0.1, 0.15) is 122 Å². The van der Waals surface area contributed by atoms with Gasteiger partial charge in [-0.3, -0.25) is 10.9 Å². The van der Waals surface area contributed by atoms with E-state index in [4.69, 9.17) is 0 Å². The van der Waals surface area contributed by atoms with Crippen LogP contribution in [0.15, 0.2) is 0 Å². The Bertz CT molecular complexity index is 551. The number of hydrogen-bond acceptors (Lipinski definition) is 3. The average molecular weight is 444 g/mol. The Morgan fingerprint density at radius 2 is 0.875 bits per heavy atom. The van der Waals surface area contributed by atoms with Gasteiger partial charge in [-0.2, -0.15) is 0 Å². The molecule has 3 heteroatoms. The summed E-state index contributed by atoms with van der Waals surface area (Å²) in [4.78, 5) is 0. The highest BCUT2D eigenvalue weighted by molar-refractivity contribution is 5.00. The molecular weight excluding hydrogens is 390 g/mol. The van der Waals surface area contributed by atoms with Gasteiger partial charge in [0.05, 0.1) is 0 Å². The summed E-state index contributed by atoms with van der Waals surface area (Å²) in [7, 11) is 0. The molecule has 6 fully saturated rings. The summed E-state index contributed by atoms with van der Waals surface area (Å²) >= 11 is 0. The fourth-order valence-corrected chi connectivity index (χ4v) is 8.80. The number of piperidine rings is 1. The van der Waals surface area contributed by atoms with E-state index in [0.29, 0.717) is 12.1 Å². The van der Waals surface area contributed by atoms with E-state index in [1.807, 2.05) is 0 Å². The van der Waals surface area contributed by atoms with Crippen molar-refractivity contribution in [2.75, 3.05) is 13.1 Å². The van der Waals surface area contributed by atoms with Crippen molar-refractivity contribution >= 4 is 0 Å². The predicted molar refractivity (Wildman–Crippen MR) is 135 cm³/mol. The number of nitrogens with one attached hydrogen (secondary N) is 3. The molecule has 0 amide bonds. The summed E-state index contributed by atoms with van der Waals surface area (Å²) in [5.74, 6) is 5.63. The maximum atomic E-state index is 4.18. The minimum absolute atomic E-state index is 0.644. The second-order valence-corrected chi connectivity index (χ2v) is 12.6. The molecule has 3 saturated carbocycles. The topological polar surface area (TPSA) is 36.1 Å². The summed E-state index contributed by atoms with van der Waals surface area (Å²) < 4.78 is 0. The lowest BCUT2D eigenvalue weighted by atomic mass is 9.70. The molecule has 0 aromatic rings. The number of fused-ring (bicyclic) bond motifs is 1. The fraction of sp³-hybridized carbons (Fsp3) is 1.00. The molecule has 0 spiro atoms. The van der Waals surface area contributed by atoms with Crippen molar-refractivity contribution < 1.29 is 0 Å². The van der Waals surface area contributed by atoms with Crippen molar-refractivity contribution in [3.8, 4) is 0 Å². The van der Waals surface area contributed by atoms with Crippen LogP contribution in [-0.4, -0.2) is 25.2 Å². The zero-order chi connectivity index (χ0) is 21.6. The van der Waals surface area contributed by atoms with Gasteiger partial charge in [-0.05, 0) is 67.7 Å². The molecule has 8 unspecified atom stereocenters. The minimum Gasteiger partial charge on any atom is -0.312 e. The first-order chi connectivity index (χ1) is 15.9. The summed E-state index contributed by atoms with van der Waals surface area (Å²) in [6.07, 6.45) is 28.5. The van der Waals surface area contributed by atoms with Crippen LogP contribution < -0.4 is 16.2 Å². The Morgan fingerprint density at radius 1 is 0.375 bits per heavy atom. The molecule has 3 nitrogen and oxygen atoms in total. The molecule has 8 bridgehead atoms. The molecule has 32 heavy (non-hydrogen) atoms. The van der Waals surface area contributed by atoms with E-state index in [1.165, 1.54) is 122 Å². The molecule has 0 aromatic heterocycles. The molecule has 3 N–H and O–H groups in total. The highest BCUT2D eigenvalue weighted by Gasteiger charge is 2.42. The Morgan fingerprint density at radius 3 is 1.59 bits per heavy atom. The van der Waals surface area contributed by atoms with Crippen molar-refractivity contribution in [3.63, 3.8) is 0 Å². The van der Waals surface area contributed by atoms with Gasteiger partial charge in [-0.15, -0.1) is 0 Å². The molecule has 3 heterocycles. The van der Waals surface area contributed by atoms with Crippen molar-refractivity contribution in [3.05, 3.63) is 0 Å². The van der Waals surface area contributed by atoms with Gasteiger partial charge in [0.15, 0.2) is 0 Å². The Labute approximate surface area is 199 Å². The summed E-state index contributed by atoms with van der Waals surface area (Å²) in [5.41, 5.74) is 7.56. The molecular formula is C29H53N3. The van der Waals surface area contributed by atoms with E-state index in [9.17, 15) is 0 Å². The quantitative estimate of drug-likeness (QED) is 0.395. The molecule has 3 saturated heterocycles. The summed E-state index contributed by atoms with van der Waals surface area (Å²) in [5, 5.41) is 4.18. The molecule has 0 radical (unpaired) electrons. The van der Waals surface area contributed by atoms with E-state index in [1.54, 1.807) is 12.8 Å². The summed E-state index contributed by atoms with van der Waals surface area (Å²) in [6.45, 7) is 2.47. The third-order valence-electron chi connectivity index (χ3n) is 10.7. The maximum absolute atomic E-state index is 4.18. The van der Waals surface area contributed by atoms with Crippen LogP contribution in [-0.2, 0) is 0 Å². The van der Waals surface area contributed by atoms with Crippen LogP contribution in [0.3, 0.4) is 0 Å². The zero-order valence-corrected chi connectivity index (χ0v) is 21.0. The fourth-order valence-electron chi connectivity index (χ4n) is 8.80. The lowest BCUT2D eigenvalue weighted by Crippen LogP contribution is -2.68. The Hall–Kier alpha value is -0.120. The predicted octanol–water partition coefficient (Wildman–Crippen LogP) is 6.58. The first kappa shape index (κ1) is 23.6. The van der Waals surface area contributed by atoms with Crippen molar-refractivity contribution in [1.82, 2.24) is 16.2 Å². The number of hydrogen-bond donors (Lipinski definition) is 3. The van der Waals surface area contributed by atoms with Crippen LogP contribution in [0, 0.1) is 35.5 Å². The van der Waals surface area contributed by atoms with Crippen LogP contribution in [0.4, 0.5) is 0 Å². The average Bonchev–Trinajstić information content (AvgIpc) is 2.91. The molecule has 184 valence electrons. The van der Waals surface area contributed by atoms with Crippen molar-refractivity contribution in [1.29, 1.82) is 0 Å².